The first-order chi connectivity index (χ1) is 14.0. The predicted molar refractivity (Wildman–Crippen MR) is 108 cm³/mol. The molecular weight excluding hydrogens is 393 g/mol. The molecule has 0 aliphatic rings. The van der Waals surface area contributed by atoms with E-state index in [2.05, 4.69) is 16.1 Å². The van der Waals surface area contributed by atoms with Gasteiger partial charge in [0.15, 0.2) is 0 Å². The van der Waals surface area contributed by atoms with Crippen molar-refractivity contribution in [3.8, 4) is 23.7 Å². The minimum atomic E-state index is -0.318. The lowest BCUT2D eigenvalue weighted by molar-refractivity contribution is -0.131. The van der Waals surface area contributed by atoms with Gasteiger partial charge in [-0.2, -0.15) is 4.98 Å². The first-order valence-corrected chi connectivity index (χ1v) is 9.47. The van der Waals surface area contributed by atoms with E-state index in [0.717, 1.165) is 11.1 Å². The fourth-order valence-corrected chi connectivity index (χ4v) is 2.90. The SMILES string of the molecule is C#CCN(Cc1ccc(F)cc1)C(=O)CCCc1nc(-c2ccc(Cl)cc2)no1. The Morgan fingerprint density at radius 2 is 1.90 bits per heavy atom. The van der Waals surface area contributed by atoms with Gasteiger partial charge < -0.3 is 9.42 Å². The Morgan fingerprint density at radius 3 is 2.59 bits per heavy atom. The Bertz CT molecular complexity index is 994. The average Bonchev–Trinajstić information content (AvgIpc) is 3.18. The van der Waals surface area contributed by atoms with Crippen LogP contribution in [0.2, 0.25) is 5.02 Å². The summed E-state index contributed by atoms with van der Waals surface area (Å²) in [6.07, 6.45) is 6.71. The molecule has 0 unspecified atom stereocenters. The highest BCUT2D eigenvalue weighted by molar-refractivity contribution is 6.30. The third-order valence-electron chi connectivity index (χ3n) is 4.27. The van der Waals surface area contributed by atoms with Gasteiger partial charge in [-0.25, -0.2) is 4.39 Å². The van der Waals surface area contributed by atoms with Crippen LogP contribution in [0.3, 0.4) is 0 Å². The molecule has 1 heterocycles. The van der Waals surface area contributed by atoms with Gasteiger partial charge in [0.25, 0.3) is 0 Å². The topological polar surface area (TPSA) is 59.2 Å². The molecule has 1 aromatic heterocycles. The zero-order chi connectivity index (χ0) is 20.6. The second-order valence-corrected chi connectivity index (χ2v) is 6.89. The highest BCUT2D eigenvalue weighted by Crippen LogP contribution is 2.19. The first-order valence-electron chi connectivity index (χ1n) is 9.09. The molecule has 0 N–H and O–H groups in total. The largest absolute Gasteiger partial charge is 0.339 e. The molecule has 0 aliphatic carbocycles. The summed E-state index contributed by atoms with van der Waals surface area (Å²) in [5.74, 6) is 3.04. The average molecular weight is 412 g/mol. The summed E-state index contributed by atoms with van der Waals surface area (Å²) in [5, 5.41) is 4.59. The maximum Gasteiger partial charge on any atom is 0.226 e. The number of nitrogens with zero attached hydrogens (tertiary/aromatic N) is 3. The van der Waals surface area contributed by atoms with Crippen molar-refractivity contribution < 1.29 is 13.7 Å². The van der Waals surface area contributed by atoms with Crippen LogP contribution in [0.15, 0.2) is 53.1 Å². The molecule has 0 aliphatic heterocycles. The second-order valence-electron chi connectivity index (χ2n) is 6.45. The van der Waals surface area contributed by atoms with Gasteiger partial charge in [0.1, 0.15) is 5.82 Å². The van der Waals surface area contributed by atoms with Crippen molar-refractivity contribution in [2.24, 2.45) is 0 Å². The van der Waals surface area contributed by atoms with Gasteiger partial charge in [0.05, 0.1) is 6.54 Å². The van der Waals surface area contributed by atoms with Crippen molar-refractivity contribution in [2.45, 2.75) is 25.8 Å². The van der Waals surface area contributed by atoms with Crippen molar-refractivity contribution >= 4 is 17.5 Å². The lowest BCUT2D eigenvalue weighted by Gasteiger charge is -2.20. The van der Waals surface area contributed by atoms with E-state index in [0.29, 0.717) is 42.5 Å². The molecule has 29 heavy (non-hydrogen) atoms. The van der Waals surface area contributed by atoms with E-state index in [9.17, 15) is 9.18 Å². The van der Waals surface area contributed by atoms with E-state index in [4.69, 9.17) is 22.5 Å². The summed E-state index contributed by atoms with van der Waals surface area (Å²) < 4.78 is 18.3. The zero-order valence-corrected chi connectivity index (χ0v) is 16.4. The van der Waals surface area contributed by atoms with Crippen molar-refractivity contribution in [2.75, 3.05) is 6.54 Å². The third-order valence-corrected chi connectivity index (χ3v) is 4.53. The number of aromatic nitrogens is 2. The quantitative estimate of drug-likeness (QED) is 0.511. The lowest BCUT2D eigenvalue weighted by Crippen LogP contribution is -2.30. The molecule has 2 aromatic carbocycles. The van der Waals surface area contributed by atoms with E-state index in [1.807, 2.05) is 12.1 Å². The molecule has 1 amide bonds. The van der Waals surface area contributed by atoms with E-state index in [1.54, 1.807) is 29.2 Å². The summed E-state index contributed by atoms with van der Waals surface area (Å²) in [7, 11) is 0. The van der Waals surface area contributed by atoms with Gasteiger partial charge in [-0.15, -0.1) is 6.42 Å². The van der Waals surface area contributed by atoms with Crippen LogP contribution in [0.4, 0.5) is 4.39 Å². The molecule has 0 bridgehead atoms. The zero-order valence-electron chi connectivity index (χ0n) is 15.6. The minimum Gasteiger partial charge on any atom is -0.339 e. The van der Waals surface area contributed by atoms with E-state index < -0.39 is 0 Å². The highest BCUT2D eigenvalue weighted by atomic mass is 35.5. The van der Waals surface area contributed by atoms with Gasteiger partial charge >= 0.3 is 0 Å². The molecule has 0 atom stereocenters. The van der Waals surface area contributed by atoms with Gasteiger partial charge in [0, 0.05) is 30.0 Å². The van der Waals surface area contributed by atoms with Crippen LogP contribution >= 0.6 is 11.6 Å². The number of carbonyl (C=O) groups excluding carboxylic acids is 1. The van der Waals surface area contributed by atoms with Crippen molar-refractivity contribution in [3.63, 3.8) is 0 Å². The van der Waals surface area contributed by atoms with E-state index in [1.165, 1.54) is 12.1 Å². The molecular formula is C22H19ClFN3O2. The third kappa shape index (κ3) is 5.90. The molecule has 0 saturated carbocycles. The monoisotopic (exact) mass is 411 g/mol. The molecule has 3 aromatic rings. The van der Waals surface area contributed by atoms with Crippen LogP contribution in [-0.4, -0.2) is 27.5 Å². The van der Waals surface area contributed by atoms with Crippen LogP contribution in [-0.2, 0) is 17.8 Å². The Balaban J connectivity index is 1.53. The number of terminal acetylenes is 1. The molecule has 7 heteroatoms. The summed E-state index contributed by atoms with van der Waals surface area (Å²) >= 11 is 5.88. The fourth-order valence-electron chi connectivity index (χ4n) is 2.77. The maximum atomic E-state index is 13.0. The molecule has 5 nitrogen and oxygen atoms in total. The summed E-state index contributed by atoms with van der Waals surface area (Å²) in [4.78, 5) is 18.5. The molecule has 0 saturated heterocycles. The van der Waals surface area contributed by atoms with Crippen molar-refractivity contribution in [1.82, 2.24) is 15.0 Å². The van der Waals surface area contributed by atoms with E-state index >= 15 is 0 Å². The minimum absolute atomic E-state index is 0.0790. The molecule has 0 spiro atoms. The van der Waals surface area contributed by atoms with Gasteiger partial charge in [-0.3, -0.25) is 4.79 Å². The van der Waals surface area contributed by atoms with Crippen LogP contribution in [0.25, 0.3) is 11.4 Å². The van der Waals surface area contributed by atoms with Crippen LogP contribution in [0, 0.1) is 18.2 Å². The van der Waals surface area contributed by atoms with Gasteiger partial charge in [-0.05, 0) is 48.4 Å². The van der Waals surface area contributed by atoms with Crippen molar-refractivity contribution in [1.29, 1.82) is 0 Å². The van der Waals surface area contributed by atoms with Gasteiger partial charge in [-0.1, -0.05) is 34.8 Å². The molecule has 148 valence electrons. The Kier molecular flexibility index (Phi) is 6.99. The number of hydrogen-bond donors (Lipinski definition) is 0. The number of amides is 1. The Morgan fingerprint density at radius 1 is 1.17 bits per heavy atom. The Hall–Kier alpha value is -3.17. The summed E-state index contributed by atoms with van der Waals surface area (Å²) in [6.45, 7) is 0.530. The molecule has 0 fully saturated rings. The number of aryl methyl sites for hydroxylation is 1. The molecule has 3 rings (SSSR count). The van der Waals surface area contributed by atoms with Crippen molar-refractivity contribution in [3.05, 3.63) is 70.8 Å². The summed E-state index contributed by atoms with van der Waals surface area (Å²) in [6, 6.07) is 13.1. The fraction of sp³-hybridized carbons (Fsp3) is 0.227. The normalized spacial score (nSPS) is 10.5. The summed E-state index contributed by atoms with van der Waals surface area (Å²) in [5.41, 5.74) is 1.62. The smallest absolute Gasteiger partial charge is 0.226 e. The molecule has 0 radical (unpaired) electrons. The number of carbonyl (C=O) groups is 1. The lowest BCUT2D eigenvalue weighted by atomic mass is 10.1. The van der Waals surface area contributed by atoms with Gasteiger partial charge in [0.2, 0.25) is 17.6 Å². The number of hydrogen-bond acceptors (Lipinski definition) is 4. The van der Waals surface area contributed by atoms with E-state index in [-0.39, 0.29) is 18.3 Å². The second kappa shape index (κ2) is 9.85. The predicted octanol–water partition coefficient (Wildman–Crippen LogP) is 4.51. The highest BCUT2D eigenvalue weighted by Gasteiger charge is 2.14. The maximum absolute atomic E-state index is 13.0. The Labute approximate surface area is 173 Å². The number of halogens is 2. The van der Waals surface area contributed by atoms with Crippen LogP contribution < -0.4 is 0 Å². The standard InChI is InChI=1S/C22H19ClFN3O2/c1-2-14-27(15-16-6-12-19(24)13-7-16)21(28)5-3-4-20-25-22(26-29-20)17-8-10-18(23)11-9-17/h1,6-13H,3-5,14-15H2. The number of rotatable bonds is 8. The van der Waals surface area contributed by atoms with Crippen LogP contribution in [0.5, 0.6) is 0 Å². The first kappa shape index (κ1) is 20.6. The van der Waals surface area contributed by atoms with Crippen LogP contribution in [0.1, 0.15) is 24.3 Å². The number of benzene rings is 2.